The molecule has 22 heavy (non-hydrogen) atoms. The fourth-order valence-corrected chi connectivity index (χ4v) is 2.11. The minimum Gasteiger partial charge on any atom is -0.477 e. The van der Waals surface area contributed by atoms with Crippen LogP contribution in [0.15, 0.2) is 42.7 Å². The number of aromatic nitrogens is 3. The van der Waals surface area contributed by atoms with Crippen molar-refractivity contribution in [3.8, 4) is 5.69 Å². The molecule has 0 atom stereocenters. The molecule has 0 amide bonds. The van der Waals surface area contributed by atoms with Crippen LogP contribution in [0.3, 0.4) is 0 Å². The maximum absolute atomic E-state index is 13.1. The number of benzene rings is 1. The Morgan fingerprint density at radius 1 is 1.14 bits per heavy atom. The van der Waals surface area contributed by atoms with Crippen LogP contribution in [-0.2, 0) is 6.18 Å². The molecule has 0 saturated carbocycles. The minimum absolute atomic E-state index is 0.0524. The maximum atomic E-state index is 13.1. The van der Waals surface area contributed by atoms with E-state index in [1.54, 1.807) is 0 Å². The number of hydrogen-bond donors (Lipinski definition) is 1. The van der Waals surface area contributed by atoms with Gasteiger partial charge in [0.25, 0.3) is 0 Å². The summed E-state index contributed by atoms with van der Waals surface area (Å²) in [5.41, 5.74) is -0.915. The normalized spacial score (nSPS) is 11.8. The smallest absolute Gasteiger partial charge is 0.418 e. The number of hydrogen-bond acceptors (Lipinski definition) is 3. The van der Waals surface area contributed by atoms with Gasteiger partial charge in [-0.3, -0.25) is 4.57 Å². The molecule has 0 radical (unpaired) electrons. The quantitative estimate of drug-likeness (QED) is 0.789. The van der Waals surface area contributed by atoms with Crippen LogP contribution in [0, 0.1) is 0 Å². The standard InChI is InChI=1S/C14H8F3N3O2/c15-14(16,17)8-3-1-2-4-11(8)20-7-18-9-5-6-10(13(21)22)19-12(9)20/h1-7H,(H,21,22). The highest BCUT2D eigenvalue weighted by atomic mass is 19.4. The lowest BCUT2D eigenvalue weighted by atomic mass is 10.1. The zero-order valence-corrected chi connectivity index (χ0v) is 10.9. The van der Waals surface area contributed by atoms with Gasteiger partial charge in [-0.05, 0) is 24.3 Å². The molecule has 0 aliphatic rings. The van der Waals surface area contributed by atoms with Crippen LogP contribution in [0.2, 0.25) is 0 Å². The van der Waals surface area contributed by atoms with Crippen molar-refractivity contribution >= 4 is 17.1 Å². The Bertz CT molecular complexity index is 871. The Morgan fingerprint density at radius 3 is 2.55 bits per heavy atom. The molecule has 2 heterocycles. The van der Waals surface area contributed by atoms with Crippen molar-refractivity contribution in [2.24, 2.45) is 0 Å². The number of nitrogens with zero attached hydrogens (tertiary/aromatic N) is 3. The van der Waals surface area contributed by atoms with E-state index in [9.17, 15) is 18.0 Å². The van der Waals surface area contributed by atoms with Gasteiger partial charge < -0.3 is 5.11 Å². The molecular weight excluding hydrogens is 299 g/mol. The van der Waals surface area contributed by atoms with Crippen LogP contribution in [0.5, 0.6) is 0 Å². The Labute approximate surface area is 121 Å². The third-order valence-corrected chi connectivity index (χ3v) is 3.08. The molecule has 0 aliphatic heterocycles. The number of halogens is 3. The molecule has 0 bridgehead atoms. The van der Waals surface area contributed by atoms with Crippen LogP contribution in [-0.4, -0.2) is 25.6 Å². The number of carboxylic acids is 1. The lowest BCUT2D eigenvalue weighted by Gasteiger charge is -2.13. The van der Waals surface area contributed by atoms with E-state index in [1.807, 2.05) is 0 Å². The lowest BCUT2D eigenvalue weighted by molar-refractivity contribution is -0.137. The van der Waals surface area contributed by atoms with Gasteiger partial charge in [0, 0.05) is 0 Å². The average molecular weight is 307 g/mol. The van der Waals surface area contributed by atoms with Crippen molar-refractivity contribution in [2.45, 2.75) is 6.18 Å². The maximum Gasteiger partial charge on any atom is 0.418 e. The summed E-state index contributed by atoms with van der Waals surface area (Å²) in [5, 5.41) is 8.95. The molecule has 3 aromatic rings. The number of aromatic carboxylic acids is 1. The highest BCUT2D eigenvalue weighted by molar-refractivity contribution is 5.88. The SMILES string of the molecule is O=C(O)c1ccc2ncn(-c3ccccc3C(F)(F)F)c2n1. The van der Waals surface area contributed by atoms with Crippen molar-refractivity contribution < 1.29 is 23.1 Å². The number of para-hydroxylation sites is 1. The number of imidazole rings is 1. The first kappa shape index (κ1) is 14.1. The first-order chi connectivity index (χ1) is 10.4. The van der Waals surface area contributed by atoms with Gasteiger partial charge in [0.15, 0.2) is 11.3 Å². The van der Waals surface area contributed by atoms with E-state index in [4.69, 9.17) is 5.11 Å². The van der Waals surface area contributed by atoms with Crippen LogP contribution in [0.4, 0.5) is 13.2 Å². The van der Waals surface area contributed by atoms with E-state index in [1.165, 1.54) is 36.7 Å². The third-order valence-electron chi connectivity index (χ3n) is 3.08. The third kappa shape index (κ3) is 2.28. The predicted octanol–water partition coefficient (Wildman–Crippen LogP) is 3.14. The van der Waals surface area contributed by atoms with Crippen LogP contribution in [0.25, 0.3) is 16.9 Å². The molecule has 0 fully saturated rings. The first-order valence-electron chi connectivity index (χ1n) is 6.12. The summed E-state index contributed by atoms with van der Waals surface area (Å²) in [7, 11) is 0. The molecule has 3 rings (SSSR count). The Morgan fingerprint density at radius 2 is 1.86 bits per heavy atom. The van der Waals surface area contributed by atoms with E-state index in [-0.39, 0.29) is 17.0 Å². The summed E-state index contributed by atoms with van der Waals surface area (Å²) in [6.45, 7) is 0. The first-order valence-corrected chi connectivity index (χ1v) is 6.12. The van der Waals surface area contributed by atoms with Crippen LogP contribution in [0.1, 0.15) is 16.1 Å². The lowest BCUT2D eigenvalue weighted by Crippen LogP contribution is -2.11. The van der Waals surface area contributed by atoms with Gasteiger partial charge in [0.1, 0.15) is 11.8 Å². The second-order valence-corrected chi connectivity index (χ2v) is 4.47. The number of carbonyl (C=O) groups is 1. The van der Waals surface area contributed by atoms with Gasteiger partial charge in [-0.2, -0.15) is 13.2 Å². The van der Waals surface area contributed by atoms with Gasteiger partial charge in [0.05, 0.1) is 11.3 Å². The number of pyridine rings is 1. The van der Waals surface area contributed by atoms with Gasteiger partial charge >= 0.3 is 12.1 Å². The number of alkyl halides is 3. The molecule has 8 heteroatoms. The Kier molecular flexibility index (Phi) is 3.09. The fraction of sp³-hybridized carbons (Fsp3) is 0.0714. The predicted molar refractivity (Wildman–Crippen MR) is 70.8 cm³/mol. The van der Waals surface area contributed by atoms with E-state index in [2.05, 4.69) is 9.97 Å². The summed E-state index contributed by atoms with van der Waals surface area (Å²) in [4.78, 5) is 18.8. The van der Waals surface area contributed by atoms with Gasteiger partial charge in [-0.15, -0.1) is 0 Å². The molecule has 1 N–H and O–H groups in total. The fourth-order valence-electron chi connectivity index (χ4n) is 2.11. The summed E-state index contributed by atoms with van der Waals surface area (Å²) in [6, 6.07) is 7.61. The number of fused-ring (bicyclic) bond motifs is 1. The van der Waals surface area contributed by atoms with Crippen molar-refractivity contribution in [3.63, 3.8) is 0 Å². The zero-order chi connectivity index (χ0) is 15.9. The second kappa shape index (κ2) is 4.83. The van der Waals surface area contributed by atoms with Gasteiger partial charge in [-0.1, -0.05) is 12.1 Å². The zero-order valence-electron chi connectivity index (χ0n) is 10.9. The Hall–Kier alpha value is -2.90. The molecule has 2 aromatic heterocycles. The Balaban J connectivity index is 2.27. The van der Waals surface area contributed by atoms with E-state index in [0.717, 1.165) is 10.6 Å². The molecule has 5 nitrogen and oxygen atoms in total. The summed E-state index contributed by atoms with van der Waals surface area (Å²) >= 11 is 0. The van der Waals surface area contributed by atoms with Gasteiger partial charge in [0.2, 0.25) is 0 Å². The molecule has 0 saturated heterocycles. The van der Waals surface area contributed by atoms with Crippen molar-refractivity contribution in [3.05, 3.63) is 54.0 Å². The highest BCUT2D eigenvalue weighted by Crippen LogP contribution is 2.34. The van der Waals surface area contributed by atoms with Crippen LogP contribution < -0.4 is 0 Å². The topological polar surface area (TPSA) is 68.0 Å². The second-order valence-electron chi connectivity index (χ2n) is 4.47. The van der Waals surface area contributed by atoms with Crippen molar-refractivity contribution in [1.82, 2.24) is 14.5 Å². The van der Waals surface area contributed by atoms with Crippen molar-refractivity contribution in [2.75, 3.05) is 0 Å². The molecular formula is C14H8F3N3O2. The minimum atomic E-state index is -4.54. The molecule has 0 unspecified atom stereocenters. The highest BCUT2D eigenvalue weighted by Gasteiger charge is 2.34. The molecule has 112 valence electrons. The number of carboxylic acid groups (broad SMARTS) is 1. The average Bonchev–Trinajstić information content (AvgIpc) is 2.89. The van der Waals surface area contributed by atoms with E-state index < -0.39 is 17.7 Å². The molecule has 0 spiro atoms. The van der Waals surface area contributed by atoms with Crippen LogP contribution >= 0.6 is 0 Å². The van der Waals surface area contributed by atoms with E-state index in [0.29, 0.717) is 5.52 Å². The number of rotatable bonds is 2. The monoisotopic (exact) mass is 307 g/mol. The molecule has 1 aromatic carbocycles. The van der Waals surface area contributed by atoms with Gasteiger partial charge in [-0.25, -0.2) is 14.8 Å². The summed E-state index contributed by atoms with van der Waals surface area (Å²) < 4.78 is 40.4. The largest absolute Gasteiger partial charge is 0.477 e. The summed E-state index contributed by atoms with van der Waals surface area (Å²) in [5.74, 6) is -1.27. The van der Waals surface area contributed by atoms with E-state index >= 15 is 0 Å². The molecule has 0 aliphatic carbocycles. The van der Waals surface area contributed by atoms with Crippen molar-refractivity contribution in [1.29, 1.82) is 0 Å². The summed E-state index contributed by atoms with van der Waals surface area (Å²) in [6.07, 6.45) is -3.36.